The second-order valence-corrected chi connectivity index (χ2v) is 6.22. The van der Waals surface area contributed by atoms with Gasteiger partial charge in [0.1, 0.15) is 0 Å². The summed E-state index contributed by atoms with van der Waals surface area (Å²) in [6, 6.07) is 10.1. The Hall–Kier alpha value is -1.74. The average molecular weight is 339 g/mol. The minimum Gasteiger partial charge on any atom is -0.170 e. The molecule has 2 rings (SSSR count). The highest BCUT2D eigenvalue weighted by Crippen LogP contribution is 2.37. The highest BCUT2D eigenvalue weighted by molar-refractivity contribution is 6.30. The van der Waals surface area contributed by atoms with Gasteiger partial charge in [-0.15, -0.1) is 0 Å². The molecule has 2 aromatic rings. The molecule has 0 aromatic heterocycles. The SMILES string of the molecule is Cc1cc(Cl)cc(C(/C=C/c2ccc(C)c(C)c2)C(F)(F)F)c1. The molecule has 2 aromatic carbocycles. The predicted octanol–water partition coefficient (Wildman–Crippen LogP) is 6.62. The minimum atomic E-state index is -4.37. The van der Waals surface area contributed by atoms with Crippen LogP contribution in [0.4, 0.5) is 13.2 Å². The predicted molar refractivity (Wildman–Crippen MR) is 89.9 cm³/mol. The molecule has 0 bridgehead atoms. The standard InChI is InChI=1S/C19H18ClF3/c1-12-8-16(11-17(20)9-12)18(19(21,22)23)7-6-15-5-4-13(2)14(3)10-15/h4-11,18H,1-3H3/b7-6+. The molecular weight excluding hydrogens is 321 g/mol. The van der Waals surface area contributed by atoms with Gasteiger partial charge in [-0.2, -0.15) is 13.2 Å². The van der Waals surface area contributed by atoms with Crippen molar-refractivity contribution in [1.29, 1.82) is 0 Å². The van der Waals surface area contributed by atoms with Gasteiger partial charge in [-0.25, -0.2) is 0 Å². The summed E-state index contributed by atoms with van der Waals surface area (Å²) in [6.45, 7) is 5.64. The first-order chi connectivity index (χ1) is 10.7. The zero-order valence-electron chi connectivity index (χ0n) is 13.2. The van der Waals surface area contributed by atoms with Crippen molar-refractivity contribution in [3.05, 3.63) is 75.3 Å². The van der Waals surface area contributed by atoms with Gasteiger partial charge in [0.05, 0.1) is 5.92 Å². The molecule has 0 aliphatic carbocycles. The molecular formula is C19H18ClF3. The van der Waals surface area contributed by atoms with Crippen molar-refractivity contribution in [2.24, 2.45) is 0 Å². The lowest BCUT2D eigenvalue weighted by Crippen LogP contribution is -2.19. The first kappa shape index (κ1) is 17.6. The number of alkyl halides is 3. The van der Waals surface area contributed by atoms with E-state index in [0.29, 0.717) is 10.6 Å². The van der Waals surface area contributed by atoms with Gasteiger partial charge < -0.3 is 0 Å². The van der Waals surface area contributed by atoms with Gasteiger partial charge in [0, 0.05) is 5.02 Å². The van der Waals surface area contributed by atoms with E-state index in [9.17, 15) is 13.2 Å². The van der Waals surface area contributed by atoms with Crippen LogP contribution in [0.1, 0.15) is 33.7 Å². The third-order valence-electron chi connectivity index (χ3n) is 3.79. The molecule has 4 heteroatoms. The molecule has 0 N–H and O–H groups in total. The Morgan fingerprint density at radius 1 is 0.957 bits per heavy atom. The number of hydrogen-bond donors (Lipinski definition) is 0. The van der Waals surface area contributed by atoms with E-state index in [1.165, 1.54) is 24.3 Å². The molecule has 0 radical (unpaired) electrons. The molecule has 122 valence electrons. The van der Waals surface area contributed by atoms with Gasteiger partial charge in [-0.3, -0.25) is 0 Å². The second kappa shape index (κ2) is 6.79. The first-order valence-corrected chi connectivity index (χ1v) is 7.64. The quantitative estimate of drug-likeness (QED) is 0.589. The molecule has 0 saturated heterocycles. The lowest BCUT2D eigenvalue weighted by molar-refractivity contribution is -0.139. The third-order valence-corrected chi connectivity index (χ3v) is 4.01. The van der Waals surface area contributed by atoms with Crippen LogP contribution < -0.4 is 0 Å². The smallest absolute Gasteiger partial charge is 0.170 e. The first-order valence-electron chi connectivity index (χ1n) is 7.26. The van der Waals surface area contributed by atoms with Crippen molar-refractivity contribution in [3.8, 4) is 0 Å². The Bertz CT molecular complexity index is 710. The van der Waals surface area contributed by atoms with Crippen molar-refractivity contribution in [2.45, 2.75) is 32.9 Å². The van der Waals surface area contributed by atoms with Crippen LogP contribution in [0.3, 0.4) is 0 Å². The van der Waals surface area contributed by atoms with Gasteiger partial charge in [0.25, 0.3) is 0 Å². The molecule has 0 amide bonds. The highest BCUT2D eigenvalue weighted by atomic mass is 35.5. The van der Waals surface area contributed by atoms with Crippen molar-refractivity contribution in [1.82, 2.24) is 0 Å². The van der Waals surface area contributed by atoms with Gasteiger partial charge in [-0.1, -0.05) is 48.0 Å². The number of halogens is 4. The maximum atomic E-state index is 13.4. The van der Waals surface area contributed by atoms with Crippen LogP contribution in [0.5, 0.6) is 0 Å². The summed E-state index contributed by atoms with van der Waals surface area (Å²) in [6.07, 6.45) is -1.66. The molecule has 0 spiro atoms. The van der Waals surface area contributed by atoms with Crippen LogP contribution in [-0.2, 0) is 0 Å². The molecule has 1 unspecified atom stereocenters. The van der Waals surface area contributed by atoms with E-state index in [0.717, 1.165) is 16.7 Å². The number of benzene rings is 2. The van der Waals surface area contributed by atoms with E-state index < -0.39 is 12.1 Å². The van der Waals surface area contributed by atoms with E-state index in [2.05, 4.69) is 0 Å². The fraction of sp³-hybridized carbons (Fsp3) is 0.263. The van der Waals surface area contributed by atoms with Crippen LogP contribution in [0, 0.1) is 20.8 Å². The molecule has 0 aliphatic rings. The molecule has 0 heterocycles. The Labute approximate surface area is 139 Å². The molecule has 0 fully saturated rings. The van der Waals surface area contributed by atoms with Crippen molar-refractivity contribution in [3.63, 3.8) is 0 Å². The van der Waals surface area contributed by atoms with Crippen LogP contribution in [-0.4, -0.2) is 6.18 Å². The maximum Gasteiger partial charge on any atom is 0.399 e. The summed E-state index contributed by atoms with van der Waals surface area (Å²) in [7, 11) is 0. The Morgan fingerprint density at radius 2 is 1.65 bits per heavy atom. The summed E-state index contributed by atoms with van der Waals surface area (Å²) >= 11 is 5.91. The van der Waals surface area contributed by atoms with Crippen molar-refractivity contribution < 1.29 is 13.2 Å². The minimum absolute atomic E-state index is 0.155. The summed E-state index contributed by atoms with van der Waals surface area (Å²) in [5.74, 6) is -1.68. The third kappa shape index (κ3) is 4.61. The van der Waals surface area contributed by atoms with Crippen LogP contribution in [0.25, 0.3) is 6.08 Å². The van der Waals surface area contributed by atoms with E-state index in [1.54, 1.807) is 13.0 Å². The number of allylic oxidation sites excluding steroid dienone is 1. The fourth-order valence-electron chi connectivity index (χ4n) is 2.43. The van der Waals surface area contributed by atoms with E-state index >= 15 is 0 Å². The zero-order valence-corrected chi connectivity index (χ0v) is 14.0. The molecule has 0 aliphatic heterocycles. The van der Waals surface area contributed by atoms with E-state index in [-0.39, 0.29) is 5.56 Å². The lowest BCUT2D eigenvalue weighted by Gasteiger charge is -2.18. The van der Waals surface area contributed by atoms with Gasteiger partial charge in [0.15, 0.2) is 0 Å². The molecule has 0 nitrogen and oxygen atoms in total. The van der Waals surface area contributed by atoms with Crippen molar-refractivity contribution >= 4 is 17.7 Å². The van der Waals surface area contributed by atoms with Gasteiger partial charge >= 0.3 is 6.18 Å². The molecule has 0 saturated carbocycles. The average Bonchev–Trinajstić information content (AvgIpc) is 2.40. The van der Waals surface area contributed by atoms with E-state index in [1.807, 2.05) is 32.0 Å². The largest absolute Gasteiger partial charge is 0.399 e. The zero-order chi connectivity index (χ0) is 17.2. The monoisotopic (exact) mass is 338 g/mol. The number of rotatable bonds is 3. The summed E-state index contributed by atoms with van der Waals surface area (Å²) in [4.78, 5) is 0. The normalized spacial score (nSPS) is 13.5. The van der Waals surface area contributed by atoms with E-state index in [4.69, 9.17) is 11.6 Å². The Kier molecular flexibility index (Phi) is 5.20. The summed E-state index contributed by atoms with van der Waals surface area (Å²) < 4.78 is 40.3. The molecule has 1 atom stereocenters. The number of aryl methyl sites for hydroxylation is 3. The van der Waals surface area contributed by atoms with Gasteiger partial charge in [-0.05, 0) is 60.7 Å². The summed E-state index contributed by atoms with van der Waals surface area (Å²) in [5, 5.41) is 0.314. The van der Waals surface area contributed by atoms with Crippen LogP contribution in [0.15, 0.2) is 42.5 Å². The number of hydrogen-bond acceptors (Lipinski definition) is 0. The second-order valence-electron chi connectivity index (χ2n) is 5.78. The summed E-state index contributed by atoms with van der Waals surface area (Å²) in [5.41, 5.74) is 3.78. The highest BCUT2D eigenvalue weighted by Gasteiger charge is 2.39. The van der Waals surface area contributed by atoms with Crippen LogP contribution in [0.2, 0.25) is 5.02 Å². The Balaban J connectivity index is 2.39. The van der Waals surface area contributed by atoms with Crippen LogP contribution >= 0.6 is 11.6 Å². The van der Waals surface area contributed by atoms with Gasteiger partial charge in [0.2, 0.25) is 0 Å². The Morgan fingerprint density at radius 3 is 2.22 bits per heavy atom. The topological polar surface area (TPSA) is 0 Å². The maximum absolute atomic E-state index is 13.4. The van der Waals surface area contributed by atoms with Crippen molar-refractivity contribution in [2.75, 3.05) is 0 Å². The fourth-order valence-corrected chi connectivity index (χ4v) is 2.73. The molecule has 23 heavy (non-hydrogen) atoms. The lowest BCUT2D eigenvalue weighted by atomic mass is 9.95.